The van der Waals surface area contributed by atoms with E-state index in [1.54, 1.807) is 0 Å². The molecule has 0 bridgehead atoms. The van der Waals surface area contributed by atoms with Crippen LogP contribution in [0.1, 0.15) is 9.67 Å². The number of carbonyl (C=O) groups is 1. The zero-order valence-corrected chi connectivity index (χ0v) is 7.80. The molecule has 0 atom stereocenters. The highest BCUT2D eigenvalue weighted by Gasteiger charge is 2.26. The second-order valence-corrected chi connectivity index (χ2v) is 3.51. The molecular formula is C7H8N2O3S. The molecule has 5 nitrogen and oxygen atoms in total. The molecule has 0 amide bonds. The van der Waals surface area contributed by atoms with E-state index in [9.17, 15) is 4.79 Å². The van der Waals surface area contributed by atoms with Crippen LogP contribution < -0.4 is 9.64 Å². The molecule has 0 radical (unpaired) electrons. The smallest absolute Gasteiger partial charge is 0.349 e. The maximum atomic E-state index is 10.8. The van der Waals surface area contributed by atoms with Gasteiger partial charge in [0.25, 0.3) is 0 Å². The van der Waals surface area contributed by atoms with Gasteiger partial charge in [0.2, 0.25) is 5.88 Å². The van der Waals surface area contributed by atoms with Crippen LogP contribution in [0.2, 0.25) is 0 Å². The van der Waals surface area contributed by atoms with E-state index in [-0.39, 0.29) is 4.88 Å². The summed E-state index contributed by atoms with van der Waals surface area (Å²) in [6, 6.07) is 0. The van der Waals surface area contributed by atoms with Crippen LogP contribution in [-0.2, 0) is 0 Å². The average Bonchev–Trinajstić information content (AvgIpc) is 2.49. The van der Waals surface area contributed by atoms with Crippen molar-refractivity contribution in [2.75, 3.05) is 25.1 Å². The SMILES string of the molecule is CN1CCOc2nsc(C(=O)O)c21. The number of ether oxygens (including phenoxy) is 1. The minimum Gasteiger partial charge on any atom is -0.477 e. The van der Waals surface area contributed by atoms with Crippen molar-refractivity contribution in [2.24, 2.45) is 0 Å². The summed E-state index contributed by atoms with van der Waals surface area (Å²) in [5.74, 6) is -0.507. The van der Waals surface area contributed by atoms with Gasteiger partial charge in [-0.3, -0.25) is 0 Å². The number of likely N-dealkylation sites (N-methyl/N-ethyl adjacent to an activating group) is 1. The highest BCUT2D eigenvalue weighted by atomic mass is 32.1. The summed E-state index contributed by atoms with van der Waals surface area (Å²) in [5.41, 5.74) is 0.601. The van der Waals surface area contributed by atoms with Gasteiger partial charge in [-0.05, 0) is 11.5 Å². The first-order valence-electron chi connectivity index (χ1n) is 3.77. The number of aromatic nitrogens is 1. The van der Waals surface area contributed by atoms with Crippen molar-refractivity contribution in [1.29, 1.82) is 0 Å². The zero-order valence-electron chi connectivity index (χ0n) is 6.98. The Morgan fingerprint density at radius 3 is 3.23 bits per heavy atom. The Kier molecular flexibility index (Phi) is 1.84. The predicted octanol–water partition coefficient (Wildman–Crippen LogP) is 0.670. The lowest BCUT2D eigenvalue weighted by Gasteiger charge is -2.24. The van der Waals surface area contributed by atoms with Crippen molar-refractivity contribution < 1.29 is 14.6 Å². The Labute approximate surface area is 78.7 Å². The number of carboxylic acids is 1. The fourth-order valence-electron chi connectivity index (χ4n) is 1.23. The maximum absolute atomic E-state index is 10.8. The van der Waals surface area contributed by atoms with Gasteiger partial charge in [-0.25, -0.2) is 4.79 Å². The van der Waals surface area contributed by atoms with Crippen molar-refractivity contribution in [2.45, 2.75) is 0 Å². The number of fused-ring (bicyclic) bond motifs is 1. The van der Waals surface area contributed by atoms with Crippen LogP contribution in [0.25, 0.3) is 0 Å². The molecule has 0 saturated carbocycles. The average molecular weight is 200 g/mol. The van der Waals surface area contributed by atoms with Crippen LogP contribution in [0.5, 0.6) is 5.88 Å². The lowest BCUT2D eigenvalue weighted by atomic mass is 10.3. The lowest BCUT2D eigenvalue weighted by Crippen LogP contribution is -2.29. The molecule has 6 heteroatoms. The normalized spacial score (nSPS) is 15.0. The molecule has 0 unspecified atom stereocenters. The third kappa shape index (κ3) is 1.23. The molecule has 13 heavy (non-hydrogen) atoms. The van der Waals surface area contributed by atoms with Crippen LogP contribution >= 0.6 is 11.5 Å². The Balaban J connectivity index is 2.50. The van der Waals surface area contributed by atoms with Gasteiger partial charge in [0, 0.05) is 7.05 Å². The third-order valence-electron chi connectivity index (χ3n) is 1.88. The molecule has 1 aliphatic heterocycles. The number of nitrogens with zero attached hydrogens (tertiary/aromatic N) is 2. The van der Waals surface area contributed by atoms with E-state index in [2.05, 4.69) is 4.37 Å². The Hall–Kier alpha value is -1.30. The molecule has 0 spiro atoms. The molecule has 1 aromatic rings. The predicted molar refractivity (Wildman–Crippen MR) is 47.8 cm³/mol. The van der Waals surface area contributed by atoms with Gasteiger partial charge >= 0.3 is 5.97 Å². The van der Waals surface area contributed by atoms with Crippen molar-refractivity contribution in [3.05, 3.63) is 4.88 Å². The van der Waals surface area contributed by atoms with Gasteiger partial charge < -0.3 is 14.7 Å². The molecule has 2 rings (SSSR count). The first kappa shape index (κ1) is 8.31. The van der Waals surface area contributed by atoms with E-state index in [0.29, 0.717) is 24.7 Å². The standard InChI is InChI=1S/C7H8N2O3S/c1-9-2-3-12-6-4(9)5(7(10)11)13-8-6/h2-3H2,1H3,(H,10,11). The Bertz CT molecular complexity index is 350. The lowest BCUT2D eigenvalue weighted by molar-refractivity contribution is 0.0702. The summed E-state index contributed by atoms with van der Waals surface area (Å²) in [5, 5.41) is 8.84. The van der Waals surface area contributed by atoms with E-state index >= 15 is 0 Å². The fraction of sp³-hybridized carbons (Fsp3) is 0.429. The quantitative estimate of drug-likeness (QED) is 0.721. The molecule has 1 aromatic heterocycles. The Morgan fingerprint density at radius 1 is 1.77 bits per heavy atom. The minimum absolute atomic E-state index is 0.247. The van der Waals surface area contributed by atoms with E-state index in [0.717, 1.165) is 11.5 Å². The van der Waals surface area contributed by atoms with E-state index in [4.69, 9.17) is 9.84 Å². The largest absolute Gasteiger partial charge is 0.477 e. The highest BCUT2D eigenvalue weighted by molar-refractivity contribution is 7.08. The molecule has 1 aliphatic rings. The molecule has 0 saturated heterocycles. The summed E-state index contributed by atoms with van der Waals surface area (Å²) in [4.78, 5) is 12.9. The van der Waals surface area contributed by atoms with Gasteiger partial charge in [0.15, 0.2) is 4.88 Å². The van der Waals surface area contributed by atoms with Crippen molar-refractivity contribution in [1.82, 2.24) is 4.37 Å². The van der Waals surface area contributed by atoms with Crippen LogP contribution in [0.3, 0.4) is 0 Å². The zero-order chi connectivity index (χ0) is 9.42. The third-order valence-corrected chi connectivity index (χ3v) is 2.69. The highest BCUT2D eigenvalue weighted by Crippen LogP contribution is 2.36. The molecule has 1 N–H and O–H groups in total. The van der Waals surface area contributed by atoms with Crippen LogP contribution in [0.4, 0.5) is 5.69 Å². The monoisotopic (exact) mass is 200 g/mol. The number of aromatic carboxylic acids is 1. The van der Waals surface area contributed by atoms with Crippen LogP contribution in [-0.4, -0.2) is 35.6 Å². The number of carboxylic acid groups (broad SMARTS) is 1. The summed E-state index contributed by atoms with van der Waals surface area (Å²) in [6.45, 7) is 1.26. The molecule has 0 fully saturated rings. The second-order valence-electron chi connectivity index (χ2n) is 2.74. The molecule has 70 valence electrons. The van der Waals surface area contributed by atoms with Crippen molar-refractivity contribution in [3.63, 3.8) is 0 Å². The van der Waals surface area contributed by atoms with E-state index in [1.807, 2.05) is 11.9 Å². The van der Waals surface area contributed by atoms with Gasteiger partial charge in [-0.1, -0.05) is 0 Å². The second kappa shape index (κ2) is 2.88. The summed E-state index contributed by atoms with van der Waals surface area (Å²) < 4.78 is 9.14. The van der Waals surface area contributed by atoms with Crippen LogP contribution in [0, 0.1) is 0 Å². The molecule has 2 heterocycles. The number of hydrogen-bond donors (Lipinski definition) is 1. The number of rotatable bonds is 1. The first-order chi connectivity index (χ1) is 6.20. The van der Waals surface area contributed by atoms with Gasteiger partial charge in [-0.15, -0.1) is 0 Å². The topological polar surface area (TPSA) is 62.7 Å². The minimum atomic E-state index is -0.948. The fourth-order valence-corrected chi connectivity index (χ4v) is 1.95. The summed E-state index contributed by atoms with van der Waals surface area (Å²) >= 11 is 0.961. The molecular weight excluding hydrogens is 192 g/mol. The molecule has 0 aromatic carbocycles. The Morgan fingerprint density at radius 2 is 2.54 bits per heavy atom. The summed E-state index contributed by atoms with van der Waals surface area (Å²) in [6.07, 6.45) is 0. The maximum Gasteiger partial charge on any atom is 0.349 e. The van der Waals surface area contributed by atoms with Crippen molar-refractivity contribution in [3.8, 4) is 5.88 Å². The number of anilines is 1. The van der Waals surface area contributed by atoms with E-state index in [1.165, 1.54) is 0 Å². The number of hydrogen-bond acceptors (Lipinski definition) is 5. The van der Waals surface area contributed by atoms with E-state index < -0.39 is 5.97 Å². The summed E-state index contributed by atoms with van der Waals surface area (Å²) in [7, 11) is 1.84. The van der Waals surface area contributed by atoms with Crippen molar-refractivity contribution >= 4 is 23.2 Å². The molecule has 0 aliphatic carbocycles. The van der Waals surface area contributed by atoms with Gasteiger partial charge in [0.05, 0.1) is 6.54 Å². The van der Waals surface area contributed by atoms with Gasteiger partial charge in [0.1, 0.15) is 12.3 Å². The van der Waals surface area contributed by atoms with Crippen LogP contribution in [0.15, 0.2) is 0 Å². The first-order valence-corrected chi connectivity index (χ1v) is 4.54. The van der Waals surface area contributed by atoms with Gasteiger partial charge in [-0.2, -0.15) is 4.37 Å².